The maximum absolute atomic E-state index is 11.9. The van der Waals surface area contributed by atoms with Crippen LogP contribution in [0, 0.1) is 0 Å². The largest absolute Gasteiger partial charge is 0.293 e. The minimum absolute atomic E-state index is 0.248. The van der Waals surface area contributed by atoms with E-state index in [1.165, 1.54) is 22.5 Å². The second-order valence-electron chi connectivity index (χ2n) is 4.80. The summed E-state index contributed by atoms with van der Waals surface area (Å²) in [5.41, 5.74) is 2.59. The molecule has 0 spiro atoms. The van der Waals surface area contributed by atoms with Crippen molar-refractivity contribution in [2.75, 3.05) is 0 Å². The van der Waals surface area contributed by atoms with E-state index in [0.29, 0.717) is 12.3 Å². The van der Waals surface area contributed by atoms with Gasteiger partial charge in [0.15, 0.2) is 5.78 Å². The molecule has 0 aliphatic rings. The summed E-state index contributed by atoms with van der Waals surface area (Å²) in [6.07, 6.45) is 1.43. The summed E-state index contributed by atoms with van der Waals surface area (Å²) in [7, 11) is 0. The molecule has 0 aliphatic carbocycles. The van der Waals surface area contributed by atoms with Gasteiger partial charge < -0.3 is 0 Å². The maximum Gasteiger partial charge on any atom is 0.173 e. The average Bonchev–Trinajstić information content (AvgIpc) is 2.90. The minimum atomic E-state index is 0.248. The van der Waals surface area contributed by atoms with Crippen LogP contribution in [-0.4, -0.2) is 5.78 Å². The lowest BCUT2D eigenvalue weighted by Crippen LogP contribution is -1.98. The van der Waals surface area contributed by atoms with Crippen molar-refractivity contribution < 1.29 is 4.79 Å². The predicted octanol–water partition coefficient (Wildman–Crippen LogP) is 4.69. The van der Waals surface area contributed by atoms with Crippen molar-refractivity contribution >= 4 is 17.1 Å². The van der Waals surface area contributed by atoms with Gasteiger partial charge in [-0.1, -0.05) is 44.2 Å². The molecule has 0 bridgehead atoms. The van der Waals surface area contributed by atoms with Gasteiger partial charge in [0.05, 0.1) is 4.88 Å². The third-order valence-electron chi connectivity index (χ3n) is 3.08. The highest BCUT2D eigenvalue weighted by molar-refractivity contribution is 7.12. The summed E-state index contributed by atoms with van der Waals surface area (Å²) in [5.74, 6) is 0.810. The molecule has 18 heavy (non-hydrogen) atoms. The Hall–Kier alpha value is -1.41. The zero-order chi connectivity index (χ0) is 13.0. The van der Waals surface area contributed by atoms with Gasteiger partial charge in [-0.2, -0.15) is 0 Å². The van der Waals surface area contributed by atoms with Gasteiger partial charge in [0, 0.05) is 6.42 Å². The number of carbonyl (C=O) groups excluding carboxylic acids is 1. The molecule has 0 N–H and O–H groups in total. The molecule has 2 aromatic rings. The van der Waals surface area contributed by atoms with Crippen LogP contribution in [0.2, 0.25) is 0 Å². The molecule has 0 fully saturated rings. The second kappa shape index (κ2) is 5.96. The van der Waals surface area contributed by atoms with Crippen LogP contribution in [0.3, 0.4) is 0 Å². The van der Waals surface area contributed by atoms with E-state index >= 15 is 0 Å². The number of hydrogen-bond acceptors (Lipinski definition) is 2. The van der Waals surface area contributed by atoms with Crippen molar-refractivity contribution in [3.8, 4) is 0 Å². The quantitative estimate of drug-likeness (QED) is 0.711. The second-order valence-corrected chi connectivity index (χ2v) is 5.74. The van der Waals surface area contributed by atoms with E-state index in [0.717, 1.165) is 11.3 Å². The van der Waals surface area contributed by atoms with E-state index in [4.69, 9.17) is 0 Å². The zero-order valence-corrected chi connectivity index (χ0v) is 11.7. The highest BCUT2D eigenvalue weighted by Crippen LogP contribution is 2.17. The number of rotatable bonds is 5. The SMILES string of the molecule is CC(C)c1ccc(CCC(=O)c2cccs2)cc1. The molecule has 0 aliphatic heterocycles. The van der Waals surface area contributed by atoms with E-state index in [-0.39, 0.29) is 5.78 Å². The molecular formula is C16H18OS. The molecule has 0 saturated carbocycles. The average molecular weight is 258 g/mol. The fourth-order valence-electron chi connectivity index (χ4n) is 1.89. The standard InChI is InChI=1S/C16H18OS/c1-12(2)14-8-5-13(6-9-14)7-10-15(17)16-4-3-11-18-16/h3-6,8-9,11-12H,7,10H2,1-2H3. The highest BCUT2D eigenvalue weighted by Gasteiger charge is 2.07. The first kappa shape index (κ1) is 13.0. The molecule has 1 heterocycles. The fraction of sp³-hybridized carbons (Fsp3) is 0.312. The summed E-state index contributed by atoms with van der Waals surface area (Å²) in [6, 6.07) is 12.4. The van der Waals surface area contributed by atoms with Crippen LogP contribution in [0.25, 0.3) is 0 Å². The molecule has 1 aromatic heterocycles. The molecular weight excluding hydrogens is 240 g/mol. The summed E-state index contributed by atoms with van der Waals surface area (Å²) < 4.78 is 0. The Morgan fingerprint density at radius 1 is 1.17 bits per heavy atom. The first-order valence-electron chi connectivity index (χ1n) is 6.32. The molecule has 1 aromatic carbocycles. The van der Waals surface area contributed by atoms with Gasteiger partial charge in [-0.3, -0.25) is 4.79 Å². The summed E-state index contributed by atoms with van der Waals surface area (Å²) in [4.78, 5) is 12.7. The third-order valence-corrected chi connectivity index (χ3v) is 3.99. The van der Waals surface area contributed by atoms with Crippen LogP contribution >= 0.6 is 11.3 Å². The smallest absolute Gasteiger partial charge is 0.173 e. The number of aryl methyl sites for hydroxylation is 1. The predicted molar refractivity (Wildman–Crippen MR) is 77.5 cm³/mol. The van der Waals surface area contributed by atoms with Gasteiger partial charge in [0.25, 0.3) is 0 Å². The zero-order valence-electron chi connectivity index (χ0n) is 10.8. The van der Waals surface area contributed by atoms with Crippen molar-refractivity contribution in [1.82, 2.24) is 0 Å². The monoisotopic (exact) mass is 258 g/mol. The Kier molecular flexibility index (Phi) is 4.32. The Morgan fingerprint density at radius 2 is 1.89 bits per heavy atom. The molecule has 0 saturated heterocycles. The lowest BCUT2D eigenvalue weighted by molar-refractivity contribution is 0.0987. The van der Waals surface area contributed by atoms with Gasteiger partial charge in [0.1, 0.15) is 0 Å². The fourth-order valence-corrected chi connectivity index (χ4v) is 2.58. The number of benzene rings is 1. The van der Waals surface area contributed by atoms with Crippen LogP contribution in [0.5, 0.6) is 0 Å². The van der Waals surface area contributed by atoms with E-state index in [2.05, 4.69) is 38.1 Å². The molecule has 1 nitrogen and oxygen atoms in total. The van der Waals surface area contributed by atoms with Gasteiger partial charge in [0.2, 0.25) is 0 Å². The topological polar surface area (TPSA) is 17.1 Å². The molecule has 2 heteroatoms. The molecule has 0 unspecified atom stereocenters. The highest BCUT2D eigenvalue weighted by atomic mass is 32.1. The van der Waals surface area contributed by atoms with Crippen molar-refractivity contribution in [2.45, 2.75) is 32.6 Å². The number of Topliss-reactive ketones (excluding diaryl/α,β-unsaturated/α-hetero) is 1. The Morgan fingerprint density at radius 3 is 2.44 bits per heavy atom. The van der Waals surface area contributed by atoms with Crippen molar-refractivity contribution in [3.63, 3.8) is 0 Å². The van der Waals surface area contributed by atoms with Gasteiger partial charge >= 0.3 is 0 Å². The third kappa shape index (κ3) is 3.30. The van der Waals surface area contributed by atoms with Crippen molar-refractivity contribution in [1.29, 1.82) is 0 Å². The van der Waals surface area contributed by atoms with Crippen LogP contribution in [-0.2, 0) is 6.42 Å². The van der Waals surface area contributed by atoms with Gasteiger partial charge in [-0.25, -0.2) is 0 Å². The lowest BCUT2D eigenvalue weighted by Gasteiger charge is -2.06. The maximum atomic E-state index is 11.9. The Balaban J connectivity index is 1.92. The minimum Gasteiger partial charge on any atom is -0.293 e. The van der Waals surface area contributed by atoms with Crippen LogP contribution < -0.4 is 0 Å². The summed E-state index contributed by atoms with van der Waals surface area (Å²) in [6.45, 7) is 4.38. The van der Waals surface area contributed by atoms with Crippen LogP contribution in [0.4, 0.5) is 0 Å². The van der Waals surface area contributed by atoms with Crippen LogP contribution in [0.1, 0.15) is 47.0 Å². The van der Waals surface area contributed by atoms with Gasteiger partial charge in [-0.15, -0.1) is 11.3 Å². The molecule has 0 atom stereocenters. The molecule has 0 amide bonds. The first-order chi connectivity index (χ1) is 8.66. The van der Waals surface area contributed by atoms with E-state index in [1.54, 1.807) is 0 Å². The number of ketones is 1. The Bertz CT molecular complexity index is 494. The van der Waals surface area contributed by atoms with E-state index in [9.17, 15) is 4.79 Å². The van der Waals surface area contributed by atoms with Gasteiger partial charge in [-0.05, 0) is 34.9 Å². The van der Waals surface area contributed by atoms with E-state index in [1.807, 2.05) is 17.5 Å². The summed E-state index contributed by atoms with van der Waals surface area (Å²) >= 11 is 1.52. The number of carbonyl (C=O) groups is 1. The first-order valence-corrected chi connectivity index (χ1v) is 7.20. The Labute approximate surface area is 112 Å². The molecule has 94 valence electrons. The van der Waals surface area contributed by atoms with E-state index < -0.39 is 0 Å². The van der Waals surface area contributed by atoms with Crippen molar-refractivity contribution in [2.24, 2.45) is 0 Å². The van der Waals surface area contributed by atoms with Crippen LogP contribution in [0.15, 0.2) is 41.8 Å². The normalized spacial score (nSPS) is 10.8. The summed E-state index contributed by atoms with van der Waals surface area (Å²) in [5, 5.41) is 1.95. The van der Waals surface area contributed by atoms with Crippen molar-refractivity contribution in [3.05, 3.63) is 57.8 Å². The number of thiophene rings is 1. The number of hydrogen-bond donors (Lipinski definition) is 0. The molecule has 0 radical (unpaired) electrons. The molecule has 2 rings (SSSR count). The lowest BCUT2D eigenvalue weighted by atomic mass is 9.99.